The van der Waals surface area contributed by atoms with E-state index in [1.54, 1.807) is 13.1 Å². The first-order valence-corrected chi connectivity index (χ1v) is 8.90. The number of ether oxygens (including phenoxy) is 1. The average molecular weight is 364 g/mol. The third kappa shape index (κ3) is 6.06. The molecule has 0 aromatic heterocycles. The molecule has 8 heteroatoms. The number of benzene rings is 1. The van der Waals surface area contributed by atoms with Crippen LogP contribution in [0.4, 0.5) is 8.78 Å². The highest BCUT2D eigenvalue weighted by atomic mass is 35.5. The molecule has 0 aliphatic carbocycles. The monoisotopic (exact) mass is 363 g/mol. The Hall–Kier alpha value is -1.21. The van der Waals surface area contributed by atoms with Crippen molar-refractivity contribution in [3.05, 3.63) is 28.8 Å². The van der Waals surface area contributed by atoms with Crippen molar-refractivity contribution >= 4 is 29.3 Å². The van der Waals surface area contributed by atoms with Gasteiger partial charge in [0, 0.05) is 36.0 Å². The predicted molar refractivity (Wildman–Crippen MR) is 91.8 cm³/mol. The number of hydrogen-bond acceptors (Lipinski definition) is 3. The molecule has 2 rings (SSSR count). The summed E-state index contributed by atoms with van der Waals surface area (Å²) in [6.07, 6.45) is 2.28. The predicted octanol–water partition coefficient (Wildman–Crippen LogP) is 3.50. The van der Waals surface area contributed by atoms with E-state index in [2.05, 4.69) is 20.4 Å². The number of alkyl halides is 2. The molecule has 1 aromatic rings. The zero-order valence-electron chi connectivity index (χ0n) is 12.8. The van der Waals surface area contributed by atoms with Crippen LogP contribution in [0.3, 0.4) is 0 Å². The molecular weight excluding hydrogens is 344 g/mol. The molecule has 1 unspecified atom stereocenters. The van der Waals surface area contributed by atoms with Gasteiger partial charge in [0.25, 0.3) is 0 Å². The van der Waals surface area contributed by atoms with Crippen LogP contribution >= 0.6 is 23.4 Å². The second kappa shape index (κ2) is 9.17. The van der Waals surface area contributed by atoms with E-state index in [4.69, 9.17) is 11.6 Å². The van der Waals surface area contributed by atoms with Gasteiger partial charge >= 0.3 is 6.61 Å². The zero-order chi connectivity index (χ0) is 16.7. The summed E-state index contributed by atoms with van der Waals surface area (Å²) < 4.78 is 29.4. The van der Waals surface area contributed by atoms with E-state index < -0.39 is 6.61 Å². The molecule has 0 bridgehead atoms. The van der Waals surface area contributed by atoms with Gasteiger partial charge in [-0.3, -0.25) is 4.99 Å². The number of rotatable bonds is 5. The van der Waals surface area contributed by atoms with Gasteiger partial charge in [-0.05, 0) is 36.8 Å². The van der Waals surface area contributed by atoms with E-state index in [1.807, 2.05) is 11.8 Å². The summed E-state index contributed by atoms with van der Waals surface area (Å²) in [5.41, 5.74) is 0.554. The summed E-state index contributed by atoms with van der Waals surface area (Å²) in [5, 5.41) is 6.93. The summed E-state index contributed by atoms with van der Waals surface area (Å²) in [4.78, 5) is 4.17. The van der Waals surface area contributed by atoms with Crippen LogP contribution in [0, 0.1) is 0 Å². The summed E-state index contributed by atoms with van der Waals surface area (Å²) in [5.74, 6) is 2.99. The van der Waals surface area contributed by atoms with Crippen molar-refractivity contribution < 1.29 is 13.5 Å². The second-order valence-corrected chi connectivity index (χ2v) is 6.70. The molecule has 1 aliphatic rings. The van der Waals surface area contributed by atoms with E-state index in [1.165, 1.54) is 24.3 Å². The van der Waals surface area contributed by atoms with E-state index in [-0.39, 0.29) is 5.75 Å². The van der Waals surface area contributed by atoms with Crippen LogP contribution in [0.15, 0.2) is 23.2 Å². The summed E-state index contributed by atoms with van der Waals surface area (Å²) in [7, 11) is 1.68. The van der Waals surface area contributed by atoms with Gasteiger partial charge in [0.15, 0.2) is 5.96 Å². The van der Waals surface area contributed by atoms with Crippen molar-refractivity contribution in [3.8, 4) is 5.75 Å². The van der Waals surface area contributed by atoms with Gasteiger partial charge in [-0.25, -0.2) is 0 Å². The van der Waals surface area contributed by atoms with Gasteiger partial charge in [-0.1, -0.05) is 11.6 Å². The maximum Gasteiger partial charge on any atom is 0.387 e. The molecule has 23 heavy (non-hydrogen) atoms. The van der Waals surface area contributed by atoms with Crippen LogP contribution in [-0.2, 0) is 6.54 Å². The average Bonchev–Trinajstić information content (AvgIpc) is 2.54. The van der Waals surface area contributed by atoms with Crippen LogP contribution < -0.4 is 15.4 Å². The van der Waals surface area contributed by atoms with Crippen molar-refractivity contribution in [2.24, 2.45) is 4.99 Å². The number of nitrogens with zero attached hydrogens (tertiary/aromatic N) is 1. The highest BCUT2D eigenvalue weighted by Gasteiger charge is 2.15. The third-order valence-electron chi connectivity index (χ3n) is 3.41. The van der Waals surface area contributed by atoms with E-state index >= 15 is 0 Å². The molecule has 0 amide bonds. The smallest absolute Gasteiger partial charge is 0.387 e. The lowest BCUT2D eigenvalue weighted by Crippen LogP contribution is -2.45. The maximum atomic E-state index is 12.5. The molecule has 0 saturated carbocycles. The Kier molecular flexibility index (Phi) is 7.23. The Morgan fingerprint density at radius 1 is 1.52 bits per heavy atom. The van der Waals surface area contributed by atoms with Gasteiger partial charge in [-0.15, -0.1) is 0 Å². The molecule has 1 saturated heterocycles. The van der Waals surface area contributed by atoms with Crippen molar-refractivity contribution in [1.82, 2.24) is 10.6 Å². The van der Waals surface area contributed by atoms with Gasteiger partial charge in [0.05, 0.1) is 0 Å². The lowest BCUT2D eigenvalue weighted by molar-refractivity contribution is -0.0504. The molecule has 1 atom stereocenters. The quantitative estimate of drug-likeness (QED) is 0.621. The minimum Gasteiger partial charge on any atom is -0.434 e. The van der Waals surface area contributed by atoms with Crippen LogP contribution in [-0.4, -0.2) is 37.2 Å². The third-order valence-corrected chi connectivity index (χ3v) is 4.86. The Bertz CT molecular complexity index is 539. The first-order chi connectivity index (χ1) is 11.1. The first-order valence-electron chi connectivity index (χ1n) is 7.36. The van der Waals surface area contributed by atoms with Crippen LogP contribution in [0.1, 0.15) is 18.4 Å². The lowest BCUT2D eigenvalue weighted by atomic mass is 10.2. The summed E-state index contributed by atoms with van der Waals surface area (Å²) in [6, 6.07) is 4.95. The molecule has 1 heterocycles. The first kappa shape index (κ1) is 18.1. The Morgan fingerprint density at radius 2 is 2.35 bits per heavy atom. The minimum atomic E-state index is -2.87. The number of aliphatic imine (C=N–C) groups is 1. The molecule has 128 valence electrons. The van der Waals surface area contributed by atoms with Gasteiger partial charge < -0.3 is 15.4 Å². The summed E-state index contributed by atoms with van der Waals surface area (Å²) >= 11 is 7.85. The topological polar surface area (TPSA) is 45.7 Å². The highest BCUT2D eigenvalue weighted by molar-refractivity contribution is 7.99. The molecular formula is C15H20ClF2N3OS. The normalized spacial score (nSPS) is 18.8. The van der Waals surface area contributed by atoms with Gasteiger partial charge in [-0.2, -0.15) is 20.5 Å². The molecule has 1 fully saturated rings. The zero-order valence-corrected chi connectivity index (χ0v) is 14.4. The highest BCUT2D eigenvalue weighted by Crippen LogP contribution is 2.24. The number of hydrogen-bond donors (Lipinski definition) is 2. The molecule has 0 radical (unpaired) electrons. The van der Waals surface area contributed by atoms with E-state index in [0.29, 0.717) is 29.1 Å². The van der Waals surface area contributed by atoms with Crippen LogP contribution in [0.2, 0.25) is 5.02 Å². The fourth-order valence-corrected chi connectivity index (χ4v) is 3.59. The molecule has 0 spiro atoms. The van der Waals surface area contributed by atoms with Crippen LogP contribution in [0.25, 0.3) is 0 Å². The van der Waals surface area contributed by atoms with Crippen molar-refractivity contribution in [1.29, 1.82) is 0 Å². The number of nitrogens with one attached hydrogen (secondary N) is 2. The molecule has 1 aromatic carbocycles. The SMILES string of the molecule is CN=C(NCc1cc(Cl)ccc1OC(F)F)NC1CCCSC1. The minimum absolute atomic E-state index is 0.112. The standard InChI is InChI=1S/C15H20ClF2N3OS/c1-19-15(21-12-3-2-6-23-9-12)20-8-10-7-11(16)4-5-13(10)22-14(17)18/h4-5,7,12,14H,2-3,6,8-9H2,1H3,(H2,19,20,21). The van der Waals surface area contributed by atoms with Crippen molar-refractivity contribution in [2.45, 2.75) is 32.0 Å². The Balaban J connectivity index is 1.96. The fraction of sp³-hybridized carbons (Fsp3) is 0.533. The molecule has 2 N–H and O–H groups in total. The Labute approximate surface area is 144 Å². The van der Waals surface area contributed by atoms with Crippen LogP contribution in [0.5, 0.6) is 5.75 Å². The second-order valence-electron chi connectivity index (χ2n) is 5.11. The molecule has 4 nitrogen and oxygen atoms in total. The van der Waals surface area contributed by atoms with Crippen molar-refractivity contribution in [3.63, 3.8) is 0 Å². The molecule has 1 aliphatic heterocycles. The van der Waals surface area contributed by atoms with E-state index in [9.17, 15) is 8.78 Å². The van der Waals surface area contributed by atoms with E-state index in [0.717, 1.165) is 12.2 Å². The fourth-order valence-electron chi connectivity index (χ4n) is 2.32. The maximum absolute atomic E-state index is 12.5. The number of halogens is 3. The Morgan fingerprint density at radius 3 is 3.00 bits per heavy atom. The van der Waals surface area contributed by atoms with Gasteiger partial charge in [0.2, 0.25) is 0 Å². The largest absolute Gasteiger partial charge is 0.434 e. The number of guanidine groups is 1. The van der Waals surface area contributed by atoms with Gasteiger partial charge in [0.1, 0.15) is 5.75 Å². The summed E-state index contributed by atoms with van der Waals surface area (Å²) in [6.45, 7) is -2.58. The lowest BCUT2D eigenvalue weighted by Gasteiger charge is -2.24. The number of thioether (sulfide) groups is 1. The van der Waals surface area contributed by atoms with Crippen molar-refractivity contribution in [2.75, 3.05) is 18.6 Å².